The number of amides is 2. The van der Waals surface area contributed by atoms with Crippen LogP contribution in [0.2, 0.25) is 0 Å². The van der Waals surface area contributed by atoms with E-state index in [9.17, 15) is 9.59 Å². The first kappa shape index (κ1) is 17.5. The molecule has 134 valence electrons. The highest BCUT2D eigenvalue weighted by molar-refractivity contribution is 5.82. The van der Waals surface area contributed by atoms with Gasteiger partial charge in [-0.2, -0.15) is 0 Å². The van der Waals surface area contributed by atoms with Crippen LogP contribution >= 0.6 is 0 Å². The summed E-state index contributed by atoms with van der Waals surface area (Å²) in [5, 5.41) is 0. The van der Waals surface area contributed by atoms with Gasteiger partial charge in [0.05, 0.1) is 0 Å². The molecule has 0 spiro atoms. The first-order chi connectivity index (χ1) is 12.6. The predicted molar refractivity (Wildman–Crippen MR) is 95.3 cm³/mol. The zero-order valence-corrected chi connectivity index (χ0v) is 14.3. The van der Waals surface area contributed by atoms with Gasteiger partial charge in [-0.15, -0.1) is 0 Å². The number of carbonyl (C=O) groups is 2. The van der Waals surface area contributed by atoms with Crippen molar-refractivity contribution < 1.29 is 18.7 Å². The van der Waals surface area contributed by atoms with E-state index in [0.717, 1.165) is 11.1 Å². The summed E-state index contributed by atoms with van der Waals surface area (Å²) in [7, 11) is 0. The van der Waals surface area contributed by atoms with Gasteiger partial charge in [-0.05, 0) is 30.7 Å². The van der Waals surface area contributed by atoms with Crippen molar-refractivity contribution in [3.63, 3.8) is 0 Å². The molecule has 0 aliphatic rings. The van der Waals surface area contributed by atoms with Gasteiger partial charge in [-0.3, -0.25) is 20.4 Å². The molecule has 7 nitrogen and oxygen atoms in total. The smallest absolute Gasteiger partial charge is 0.276 e. The molecule has 0 radical (unpaired) electrons. The van der Waals surface area contributed by atoms with Crippen molar-refractivity contribution in [2.45, 2.75) is 19.8 Å². The molecule has 0 fully saturated rings. The van der Waals surface area contributed by atoms with E-state index in [2.05, 4.69) is 15.8 Å². The van der Waals surface area contributed by atoms with Crippen molar-refractivity contribution in [1.29, 1.82) is 0 Å². The Morgan fingerprint density at radius 1 is 1.04 bits per heavy atom. The lowest BCUT2D eigenvalue weighted by Gasteiger charge is -2.10. The Balaban J connectivity index is 1.39. The van der Waals surface area contributed by atoms with Crippen LogP contribution in [-0.4, -0.2) is 23.4 Å². The van der Waals surface area contributed by atoms with E-state index in [0.29, 0.717) is 23.6 Å². The van der Waals surface area contributed by atoms with E-state index >= 15 is 0 Å². The minimum Gasteiger partial charge on any atom is -0.483 e. The van der Waals surface area contributed by atoms with E-state index in [-0.39, 0.29) is 18.9 Å². The summed E-state index contributed by atoms with van der Waals surface area (Å²) in [6.45, 7) is 1.71. The predicted octanol–water partition coefficient (Wildman–Crippen LogP) is 2.30. The third-order valence-electron chi connectivity index (χ3n) is 3.70. The molecule has 1 heterocycles. The Labute approximate surface area is 150 Å². The molecule has 3 aromatic rings. The minimum atomic E-state index is -0.441. The van der Waals surface area contributed by atoms with Crippen molar-refractivity contribution in [3.8, 4) is 5.75 Å². The number of aromatic nitrogens is 1. The summed E-state index contributed by atoms with van der Waals surface area (Å²) in [5.74, 6) is 0.334. The Morgan fingerprint density at radius 2 is 1.77 bits per heavy atom. The summed E-state index contributed by atoms with van der Waals surface area (Å²) in [6.07, 6.45) is 0.488. The molecule has 0 saturated heterocycles. The Hall–Kier alpha value is -3.35. The van der Waals surface area contributed by atoms with E-state index < -0.39 is 5.91 Å². The average Bonchev–Trinajstić information content (AvgIpc) is 3.07. The fourth-order valence-corrected chi connectivity index (χ4v) is 2.35. The van der Waals surface area contributed by atoms with Crippen LogP contribution in [0.5, 0.6) is 5.75 Å². The second kappa shape index (κ2) is 8.15. The molecule has 0 unspecified atom stereocenters. The Bertz CT molecular complexity index is 887. The number of benzene rings is 2. The number of carbonyl (C=O) groups excluding carboxylic acids is 2. The Morgan fingerprint density at radius 3 is 2.58 bits per heavy atom. The molecule has 3 rings (SSSR count). The van der Waals surface area contributed by atoms with Crippen LogP contribution in [0, 0.1) is 6.92 Å². The third kappa shape index (κ3) is 4.60. The van der Waals surface area contributed by atoms with Crippen LogP contribution in [0.15, 0.2) is 52.9 Å². The summed E-state index contributed by atoms with van der Waals surface area (Å²) in [6, 6.07) is 14.8. The second-order valence-corrected chi connectivity index (χ2v) is 5.73. The van der Waals surface area contributed by atoms with Crippen LogP contribution in [0.4, 0.5) is 0 Å². The number of oxazole rings is 1. The molecular formula is C19H19N3O4. The molecule has 1 aromatic heterocycles. The van der Waals surface area contributed by atoms with Gasteiger partial charge < -0.3 is 9.15 Å². The van der Waals surface area contributed by atoms with Crippen molar-refractivity contribution >= 4 is 22.9 Å². The lowest BCUT2D eigenvalue weighted by molar-refractivity contribution is -0.130. The zero-order chi connectivity index (χ0) is 18.4. The van der Waals surface area contributed by atoms with Crippen LogP contribution in [-0.2, 0) is 16.0 Å². The lowest BCUT2D eigenvalue weighted by Crippen LogP contribution is -2.43. The van der Waals surface area contributed by atoms with Gasteiger partial charge in [-0.1, -0.05) is 30.3 Å². The number of nitrogens with one attached hydrogen (secondary N) is 2. The molecule has 2 N–H and O–H groups in total. The number of hydrazine groups is 1. The fraction of sp³-hybridized carbons (Fsp3) is 0.211. The first-order valence-electron chi connectivity index (χ1n) is 8.22. The van der Waals surface area contributed by atoms with Gasteiger partial charge in [0, 0.05) is 12.8 Å². The molecule has 2 amide bonds. The van der Waals surface area contributed by atoms with E-state index in [1.54, 1.807) is 6.07 Å². The number of nitrogens with zero attached hydrogens (tertiary/aromatic N) is 1. The normalized spacial score (nSPS) is 10.5. The van der Waals surface area contributed by atoms with Crippen LogP contribution in [0.3, 0.4) is 0 Å². The quantitative estimate of drug-likeness (QED) is 0.663. The van der Waals surface area contributed by atoms with Crippen LogP contribution in [0.25, 0.3) is 11.1 Å². The number of para-hydroxylation sites is 3. The average molecular weight is 353 g/mol. The first-order valence-corrected chi connectivity index (χ1v) is 8.22. The fourth-order valence-electron chi connectivity index (χ4n) is 2.35. The zero-order valence-electron chi connectivity index (χ0n) is 14.3. The topological polar surface area (TPSA) is 93.5 Å². The summed E-state index contributed by atoms with van der Waals surface area (Å²) < 4.78 is 10.9. The Kier molecular flexibility index (Phi) is 5.48. The SMILES string of the molecule is Cc1ccccc1OCC(=O)NNC(=O)CCc1nc2ccccc2o1. The van der Waals surface area contributed by atoms with Gasteiger partial charge in [0.2, 0.25) is 5.91 Å². The molecular weight excluding hydrogens is 334 g/mol. The minimum absolute atomic E-state index is 0.145. The standard InChI is InChI=1S/C19H19N3O4/c1-13-6-2-4-8-15(13)25-12-18(24)22-21-17(23)10-11-19-20-14-7-3-5-9-16(14)26-19/h2-9H,10-12H2,1H3,(H,21,23)(H,22,24). The molecule has 0 aliphatic carbocycles. The molecule has 0 saturated carbocycles. The van der Waals surface area contributed by atoms with Crippen molar-refractivity contribution in [2.75, 3.05) is 6.61 Å². The van der Waals surface area contributed by atoms with Gasteiger partial charge in [0.15, 0.2) is 18.1 Å². The second-order valence-electron chi connectivity index (χ2n) is 5.73. The maximum absolute atomic E-state index is 11.8. The van der Waals surface area contributed by atoms with Gasteiger partial charge in [0.1, 0.15) is 11.3 Å². The third-order valence-corrected chi connectivity index (χ3v) is 3.70. The summed E-state index contributed by atoms with van der Waals surface area (Å²) in [4.78, 5) is 27.9. The van der Waals surface area contributed by atoms with E-state index in [1.807, 2.05) is 49.4 Å². The van der Waals surface area contributed by atoms with Crippen molar-refractivity contribution in [3.05, 3.63) is 60.0 Å². The molecule has 2 aromatic carbocycles. The lowest BCUT2D eigenvalue weighted by atomic mass is 10.2. The maximum atomic E-state index is 11.8. The molecule has 7 heteroatoms. The highest BCUT2D eigenvalue weighted by atomic mass is 16.5. The van der Waals surface area contributed by atoms with Crippen LogP contribution < -0.4 is 15.6 Å². The molecule has 0 aliphatic heterocycles. The van der Waals surface area contributed by atoms with Crippen molar-refractivity contribution in [1.82, 2.24) is 15.8 Å². The van der Waals surface area contributed by atoms with Crippen LogP contribution in [0.1, 0.15) is 17.9 Å². The number of ether oxygens (including phenoxy) is 1. The number of rotatable bonds is 6. The highest BCUT2D eigenvalue weighted by Crippen LogP contribution is 2.16. The molecule has 26 heavy (non-hydrogen) atoms. The summed E-state index contributed by atoms with van der Waals surface area (Å²) >= 11 is 0. The number of aryl methyl sites for hydroxylation is 2. The molecule has 0 atom stereocenters. The molecule has 0 bridgehead atoms. The van der Waals surface area contributed by atoms with E-state index in [1.165, 1.54) is 0 Å². The monoisotopic (exact) mass is 353 g/mol. The summed E-state index contributed by atoms with van der Waals surface area (Å²) in [5.41, 5.74) is 7.04. The maximum Gasteiger partial charge on any atom is 0.276 e. The van der Waals surface area contributed by atoms with Gasteiger partial charge in [-0.25, -0.2) is 4.98 Å². The number of hydrogen-bond donors (Lipinski definition) is 2. The van der Waals surface area contributed by atoms with Gasteiger partial charge in [0.25, 0.3) is 5.91 Å². The van der Waals surface area contributed by atoms with Crippen molar-refractivity contribution in [2.24, 2.45) is 0 Å². The highest BCUT2D eigenvalue weighted by Gasteiger charge is 2.10. The van der Waals surface area contributed by atoms with Gasteiger partial charge >= 0.3 is 0 Å². The number of hydrogen-bond acceptors (Lipinski definition) is 5. The van der Waals surface area contributed by atoms with E-state index in [4.69, 9.17) is 9.15 Å². The number of fused-ring (bicyclic) bond motifs is 1. The largest absolute Gasteiger partial charge is 0.483 e.